The third-order valence-corrected chi connectivity index (χ3v) is 2.29. The molecule has 1 unspecified atom stereocenters. The van der Waals surface area contributed by atoms with Crippen LogP contribution in [-0.2, 0) is 0 Å². The second kappa shape index (κ2) is 6.09. The molecule has 1 aromatic rings. The van der Waals surface area contributed by atoms with Crippen LogP contribution >= 0.6 is 15.9 Å². The molecule has 0 aromatic carbocycles. The average Bonchev–Trinajstić information content (AvgIpc) is 2.16. The van der Waals surface area contributed by atoms with Crippen LogP contribution in [0.5, 0.6) is 5.75 Å². The minimum Gasteiger partial charge on any atom is -0.487 e. The number of nitrogens with zero attached hydrogens (tertiary/aromatic N) is 2. The molecule has 0 fully saturated rings. The summed E-state index contributed by atoms with van der Waals surface area (Å²) in [5.74, 6) is 1.73. The van der Waals surface area contributed by atoms with E-state index < -0.39 is 0 Å². The van der Waals surface area contributed by atoms with Crippen molar-refractivity contribution in [3.63, 3.8) is 0 Å². The molecular formula is C12H19BrN2O. The molecule has 1 rings (SSSR count). The first-order valence-corrected chi connectivity index (χ1v) is 6.39. The largest absolute Gasteiger partial charge is 0.487 e. The van der Waals surface area contributed by atoms with Gasteiger partial charge in [-0.15, -0.1) is 0 Å². The topological polar surface area (TPSA) is 25.4 Å². The third kappa shape index (κ3) is 4.00. The molecule has 0 aliphatic rings. The molecule has 0 spiro atoms. The predicted molar refractivity (Wildman–Crippen MR) is 71.7 cm³/mol. The maximum Gasteiger partial charge on any atom is 0.171 e. The maximum absolute atomic E-state index is 5.73. The van der Waals surface area contributed by atoms with E-state index in [2.05, 4.69) is 32.7 Å². The molecule has 0 bridgehead atoms. The van der Waals surface area contributed by atoms with Gasteiger partial charge in [0.1, 0.15) is 0 Å². The van der Waals surface area contributed by atoms with Crippen molar-refractivity contribution in [1.82, 2.24) is 4.98 Å². The van der Waals surface area contributed by atoms with Gasteiger partial charge >= 0.3 is 0 Å². The molecule has 16 heavy (non-hydrogen) atoms. The van der Waals surface area contributed by atoms with E-state index in [1.54, 1.807) is 6.20 Å². The molecule has 0 radical (unpaired) electrons. The fourth-order valence-corrected chi connectivity index (χ4v) is 1.91. The van der Waals surface area contributed by atoms with E-state index in [4.69, 9.17) is 4.74 Å². The van der Waals surface area contributed by atoms with E-state index in [0.717, 1.165) is 18.1 Å². The molecule has 0 saturated carbocycles. The first kappa shape index (κ1) is 13.3. The highest BCUT2D eigenvalue weighted by molar-refractivity contribution is 9.09. The van der Waals surface area contributed by atoms with Gasteiger partial charge in [-0.2, -0.15) is 0 Å². The highest BCUT2D eigenvalue weighted by Gasteiger charge is 2.12. The van der Waals surface area contributed by atoms with Crippen molar-refractivity contribution in [3.8, 4) is 5.75 Å². The van der Waals surface area contributed by atoms with Crippen molar-refractivity contribution < 1.29 is 4.74 Å². The van der Waals surface area contributed by atoms with Gasteiger partial charge in [0.25, 0.3) is 0 Å². The summed E-state index contributed by atoms with van der Waals surface area (Å²) >= 11 is 3.54. The van der Waals surface area contributed by atoms with Gasteiger partial charge in [0.2, 0.25) is 0 Å². The van der Waals surface area contributed by atoms with Crippen LogP contribution < -0.4 is 9.64 Å². The lowest BCUT2D eigenvalue weighted by Crippen LogP contribution is -2.25. The summed E-state index contributed by atoms with van der Waals surface area (Å²) in [7, 11) is 2.02. The average molecular weight is 287 g/mol. The zero-order chi connectivity index (χ0) is 12.1. The van der Waals surface area contributed by atoms with Crippen molar-refractivity contribution in [1.29, 1.82) is 0 Å². The van der Waals surface area contributed by atoms with E-state index in [1.807, 2.05) is 33.0 Å². The Bertz CT molecular complexity index is 329. The van der Waals surface area contributed by atoms with E-state index in [-0.39, 0.29) is 6.10 Å². The van der Waals surface area contributed by atoms with Gasteiger partial charge in [-0.1, -0.05) is 22.9 Å². The summed E-state index contributed by atoms with van der Waals surface area (Å²) in [5, 5.41) is 0. The number of rotatable bonds is 5. The third-order valence-electron chi connectivity index (χ3n) is 2.00. The number of aromatic nitrogens is 1. The van der Waals surface area contributed by atoms with Gasteiger partial charge in [0.05, 0.1) is 6.10 Å². The molecule has 1 aromatic heterocycles. The van der Waals surface area contributed by atoms with E-state index in [9.17, 15) is 0 Å². The Balaban J connectivity index is 2.85. The zero-order valence-electron chi connectivity index (χ0n) is 10.3. The maximum atomic E-state index is 5.73. The lowest BCUT2D eigenvalue weighted by Gasteiger charge is -2.23. The Morgan fingerprint density at radius 2 is 2.12 bits per heavy atom. The van der Waals surface area contributed by atoms with Crippen LogP contribution in [0.3, 0.4) is 0 Å². The molecule has 0 N–H and O–H groups in total. The Labute approximate surface area is 106 Å². The summed E-state index contributed by atoms with van der Waals surface area (Å²) < 4.78 is 5.73. The van der Waals surface area contributed by atoms with Gasteiger partial charge < -0.3 is 9.64 Å². The normalized spacial score (nSPS) is 12.6. The lowest BCUT2D eigenvalue weighted by atomic mass is 10.3. The number of anilines is 1. The second-order valence-electron chi connectivity index (χ2n) is 4.15. The first-order valence-electron chi connectivity index (χ1n) is 5.47. The monoisotopic (exact) mass is 286 g/mol. The van der Waals surface area contributed by atoms with Crippen LogP contribution in [-0.4, -0.2) is 29.5 Å². The summed E-state index contributed by atoms with van der Waals surface area (Å²) in [5.41, 5.74) is 0. The number of ether oxygens (including phenoxy) is 1. The number of hydrogen-bond acceptors (Lipinski definition) is 3. The quantitative estimate of drug-likeness (QED) is 0.778. The number of hydrogen-bond donors (Lipinski definition) is 0. The molecule has 4 heteroatoms. The van der Waals surface area contributed by atoms with Crippen LogP contribution in [0.25, 0.3) is 0 Å². The minimum absolute atomic E-state index is 0.165. The smallest absolute Gasteiger partial charge is 0.171 e. The molecule has 1 heterocycles. The summed E-state index contributed by atoms with van der Waals surface area (Å²) in [6, 6.07) is 3.85. The van der Waals surface area contributed by atoms with Crippen LogP contribution in [0.4, 0.5) is 5.82 Å². The first-order chi connectivity index (χ1) is 7.50. The molecule has 0 aliphatic heterocycles. The molecule has 0 saturated heterocycles. The molecule has 0 aliphatic carbocycles. The van der Waals surface area contributed by atoms with Crippen LogP contribution in [0.1, 0.15) is 20.8 Å². The van der Waals surface area contributed by atoms with E-state index >= 15 is 0 Å². The molecule has 0 amide bonds. The summed E-state index contributed by atoms with van der Waals surface area (Å²) in [4.78, 5) is 6.88. The van der Waals surface area contributed by atoms with Crippen molar-refractivity contribution in [2.24, 2.45) is 0 Å². The van der Waals surface area contributed by atoms with Crippen LogP contribution in [0.2, 0.25) is 0 Å². The van der Waals surface area contributed by atoms with Crippen molar-refractivity contribution in [3.05, 3.63) is 18.3 Å². The zero-order valence-corrected chi connectivity index (χ0v) is 11.9. The van der Waals surface area contributed by atoms with Gasteiger partial charge in [-0.3, -0.25) is 0 Å². The second-order valence-corrected chi connectivity index (χ2v) is 5.72. The highest BCUT2D eigenvalue weighted by Crippen LogP contribution is 2.25. The number of pyridine rings is 1. The van der Waals surface area contributed by atoms with Gasteiger partial charge in [0, 0.05) is 24.6 Å². The van der Waals surface area contributed by atoms with Gasteiger partial charge in [-0.05, 0) is 26.0 Å². The van der Waals surface area contributed by atoms with Gasteiger partial charge in [0.15, 0.2) is 11.6 Å². The molecular weight excluding hydrogens is 268 g/mol. The summed E-state index contributed by atoms with van der Waals surface area (Å²) in [6.45, 7) is 7.04. The molecule has 1 atom stereocenters. The summed E-state index contributed by atoms with van der Waals surface area (Å²) in [6.07, 6.45) is 1.95. The standard InChI is InChI=1S/C12H19BrN2O/c1-9(2)16-11-6-5-7-14-12(11)15(4)8-10(3)13/h5-7,9-10H,8H2,1-4H3. The number of halogens is 1. The van der Waals surface area contributed by atoms with Crippen molar-refractivity contribution in [2.75, 3.05) is 18.5 Å². The molecule has 3 nitrogen and oxygen atoms in total. The van der Waals surface area contributed by atoms with Crippen molar-refractivity contribution in [2.45, 2.75) is 31.7 Å². The fourth-order valence-electron chi connectivity index (χ4n) is 1.48. The van der Waals surface area contributed by atoms with Crippen molar-refractivity contribution >= 4 is 21.7 Å². The predicted octanol–water partition coefficient (Wildman–Crippen LogP) is 3.09. The van der Waals surface area contributed by atoms with Crippen LogP contribution in [0, 0.1) is 0 Å². The SMILES string of the molecule is CC(Br)CN(C)c1ncccc1OC(C)C. The fraction of sp³-hybridized carbons (Fsp3) is 0.583. The Morgan fingerprint density at radius 1 is 1.44 bits per heavy atom. The van der Waals surface area contributed by atoms with Crippen LogP contribution in [0.15, 0.2) is 18.3 Å². The Hall–Kier alpha value is -0.770. The van der Waals surface area contributed by atoms with Gasteiger partial charge in [-0.25, -0.2) is 4.98 Å². The van der Waals surface area contributed by atoms with E-state index in [0.29, 0.717) is 4.83 Å². The highest BCUT2D eigenvalue weighted by atomic mass is 79.9. The Kier molecular flexibility index (Phi) is 5.06. The Morgan fingerprint density at radius 3 is 2.69 bits per heavy atom. The van der Waals surface area contributed by atoms with E-state index in [1.165, 1.54) is 0 Å². The number of alkyl halides is 1. The lowest BCUT2D eigenvalue weighted by molar-refractivity contribution is 0.242. The minimum atomic E-state index is 0.165. The molecule has 90 valence electrons.